The molecule has 0 aliphatic carbocycles. The van der Waals surface area contributed by atoms with Crippen LogP contribution in [0.25, 0.3) is 0 Å². The van der Waals surface area contributed by atoms with Crippen LogP contribution in [0.4, 0.5) is 0 Å². The minimum Gasteiger partial charge on any atom is -0.469 e. The van der Waals surface area contributed by atoms with Crippen molar-refractivity contribution in [3.8, 4) is 0 Å². The van der Waals surface area contributed by atoms with Crippen molar-refractivity contribution < 1.29 is 9.53 Å². The van der Waals surface area contributed by atoms with Crippen LogP contribution in [0, 0.1) is 17.8 Å². The van der Waals surface area contributed by atoms with Crippen molar-refractivity contribution in [3.05, 3.63) is 0 Å². The normalized spacial score (nSPS) is 27.9. The Balaban J connectivity index is 0.00000288. The van der Waals surface area contributed by atoms with Crippen molar-refractivity contribution in [2.75, 3.05) is 53.4 Å². The standard InChI is InChI=1S/C17H32N4O2.HI/c1-5-7-20-8-6-14(11-20)9-19-17(18-3)21-10-13(2)15(12-21)16(22)23-4;/h13-15H,5-12H2,1-4H3,(H,18,19);1H. The summed E-state index contributed by atoms with van der Waals surface area (Å²) < 4.78 is 4.91. The Morgan fingerprint density at radius 2 is 2.08 bits per heavy atom. The minimum absolute atomic E-state index is 0. The van der Waals surface area contributed by atoms with E-state index in [2.05, 4.69) is 34.0 Å². The van der Waals surface area contributed by atoms with Crippen LogP contribution in [0.15, 0.2) is 4.99 Å². The summed E-state index contributed by atoms with van der Waals surface area (Å²) in [6.07, 6.45) is 2.48. The quantitative estimate of drug-likeness (QED) is 0.298. The number of carbonyl (C=O) groups is 1. The predicted octanol–water partition coefficient (Wildman–Crippen LogP) is 1.65. The van der Waals surface area contributed by atoms with Crippen LogP contribution >= 0.6 is 24.0 Å². The first kappa shape index (κ1) is 21.5. The number of hydrogen-bond acceptors (Lipinski definition) is 4. The summed E-state index contributed by atoms with van der Waals surface area (Å²) in [5.41, 5.74) is 0. The van der Waals surface area contributed by atoms with E-state index in [4.69, 9.17) is 4.74 Å². The molecule has 2 fully saturated rings. The first-order valence-corrected chi connectivity index (χ1v) is 8.84. The van der Waals surface area contributed by atoms with Crippen LogP contribution in [0.2, 0.25) is 0 Å². The molecule has 0 saturated carbocycles. The lowest BCUT2D eigenvalue weighted by atomic mass is 9.99. The van der Waals surface area contributed by atoms with E-state index in [-0.39, 0.29) is 35.9 Å². The van der Waals surface area contributed by atoms with Gasteiger partial charge in [0, 0.05) is 33.2 Å². The number of likely N-dealkylation sites (tertiary alicyclic amines) is 2. The predicted molar refractivity (Wildman–Crippen MR) is 108 cm³/mol. The lowest BCUT2D eigenvalue weighted by molar-refractivity contribution is -0.145. The van der Waals surface area contributed by atoms with E-state index < -0.39 is 0 Å². The number of ether oxygens (including phenoxy) is 1. The topological polar surface area (TPSA) is 57.2 Å². The van der Waals surface area contributed by atoms with Gasteiger partial charge in [-0.25, -0.2) is 0 Å². The van der Waals surface area contributed by atoms with Crippen molar-refractivity contribution in [1.29, 1.82) is 0 Å². The van der Waals surface area contributed by atoms with Gasteiger partial charge in [-0.3, -0.25) is 9.79 Å². The zero-order chi connectivity index (χ0) is 16.8. The number of carbonyl (C=O) groups excluding carboxylic acids is 1. The maximum absolute atomic E-state index is 11.8. The molecule has 3 atom stereocenters. The van der Waals surface area contributed by atoms with E-state index in [9.17, 15) is 4.79 Å². The average molecular weight is 452 g/mol. The smallest absolute Gasteiger partial charge is 0.310 e. The number of esters is 1. The molecule has 0 aromatic carbocycles. The van der Waals surface area contributed by atoms with Gasteiger partial charge in [-0.2, -0.15) is 0 Å². The Hall–Kier alpha value is -0.570. The fourth-order valence-corrected chi connectivity index (χ4v) is 3.76. The van der Waals surface area contributed by atoms with E-state index in [1.54, 1.807) is 0 Å². The van der Waals surface area contributed by atoms with Gasteiger partial charge in [0.15, 0.2) is 5.96 Å². The van der Waals surface area contributed by atoms with Crippen molar-refractivity contribution >= 4 is 35.9 Å². The Labute approximate surface area is 163 Å². The third-order valence-electron chi connectivity index (χ3n) is 5.09. The van der Waals surface area contributed by atoms with Gasteiger partial charge < -0.3 is 19.9 Å². The summed E-state index contributed by atoms with van der Waals surface area (Å²) in [6.45, 7) is 10.4. The molecule has 0 radical (unpaired) electrons. The number of hydrogen-bond donors (Lipinski definition) is 1. The van der Waals surface area contributed by atoms with Crippen molar-refractivity contribution in [1.82, 2.24) is 15.1 Å². The molecule has 2 rings (SSSR count). The molecule has 1 N–H and O–H groups in total. The van der Waals surface area contributed by atoms with Gasteiger partial charge in [0.1, 0.15) is 0 Å². The van der Waals surface area contributed by atoms with E-state index in [1.165, 1.54) is 39.6 Å². The number of rotatable bonds is 5. The first-order chi connectivity index (χ1) is 11.1. The second-order valence-electron chi connectivity index (χ2n) is 6.90. The summed E-state index contributed by atoms with van der Waals surface area (Å²) in [4.78, 5) is 21.0. The molecule has 2 aliphatic rings. The molecule has 3 unspecified atom stereocenters. The molecular formula is C17H33IN4O2. The lowest BCUT2D eigenvalue weighted by Crippen LogP contribution is -2.42. The Morgan fingerprint density at radius 3 is 2.71 bits per heavy atom. The van der Waals surface area contributed by atoms with Gasteiger partial charge in [-0.1, -0.05) is 13.8 Å². The molecule has 7 heteroatoms. The van der Waals surface area contributed by atoms with Crippen LogP contribution in [-0.2, 0) is 9.53 Å². The lowest BCUT2D eigenvalue weighted by Gasteiger charge is -2.23. The number of methoxy groups -OCH3 is 1. The van der Waals surface area contributed by atoms with Gasteiger partial charge in [-0.05, 0) is 37.8 Å². The second kappa shape index (κ2) is 10.4. The maximum Gasteiger partial charge on any atom is 0.310 e. The van der Waals surface area contributed by atoms with Crippen LogP contribution in [0.1, 0.15) is 26.7 Å². The van der Waals surface area contributed by atoms with E-state index in [0.717, 1.165) is 19.0 Å². The van der Waals surface area contributed by atoms with E-state index in [0.29, 0.717) is 18.4 Å². The summed E-state index contributed by atoms with van der Waals surface area (Å²) in [5, 5.41) is 3.51. The largest absolute Gasteiger partial charge is 0.469 e. The first-order valence-electron chi connectivity index (χ1n) is 8.84. The molecule has 2 heterocycles. The molecule has 24 heavy (non-hydrogen) atoms. The van der Waals surface area contributed by atoms with Gasteiger partial charge in [-0.15, -0.1) is 24.0 Å². The highest BCUT2D eigenvalue weighted by atomic mass is 127. The summed E-state index contributed by atoms with van der Waals surface area (Å²) in [6, 6.07) is 0. The second-order valence-corrected chi connectivity index (χ2v) is 6.90. The summed E-state index contributed by atoms with van der Waals surface area (Å²) >= 11 is 0. The fourth-order valence-electron chi connectivity index (χ4n) is 3.76. The van der Waals surface area contributed by atoms with Gasteiger partial charge in [0.05, 0.1) is 13.0 Å². The van der Waals surface area contributed by atoms with Gasteiger partial charge >= 0.3 is 5.97 Å². The number of guanidine groups is 1. The molecule has 0 spiro atoms. The number of nitrogens with one attached hydrogen (secondary N) is 1. The number of aliphatic imine (C=N–C) groups is 1. The Morgan fingerprint density at radius 1 is 1.33 bits per heavy atom. The molecule has 0 aromatic heterocycles. The summed E-state index contributed by atoms with van der Waals surface area (Å²) in [7, 11) is 3.28. The highest BCUT2D eigenvalue weighted by Gasteiger charge is 2.37. The monoisotopic (exact) mass is 452 g/mol. The molecular weight excluding hydrogens is 419 g/mol. The van der Waals surface area contributed by atoms with Crippen LogP contribution < -0.4 is 5.32 Å². The zero-order valence-corrected chi connectivity index (χ0v) is 17.8. The minimum atomic E-state index is -0.110. The van der Waals surface area contributed by atoms with Crippen LogP contribution in [0.5, 0.6) is 0 Å². The molecule has 0 aromatic rings. The maximum atomic E-state index is 11.8. The third kappa shape index (κ3) is 5.47. The Bertz CT molecular complexity index is 433. The highest BCUT2D eigenvalue weighted by molar-refractivity contribution is 14.0. The molecule has 2 saturated heterocycles. The number of halogens is 1. The van der Waals surface area contributed by atoms with Gasteiger partial charge in [0.2, 0.25) is 0 Å². The average Bonchev–Trinajstić information content (AvgIpc) is 3.14. The number of nitrogens with zero attached hydrogens (tertiary/aromatic N) is 3. The van der Waals surface area contributed by atoms with E-state index in [1.807, 2.05) is 7.05 Å². The van der Waals surface area contributed by atoms with Crippen molar-refractivity contribution in [3.63, 3.8) is 0 Å². The molecule has 0 bridgehead atoms. The van der Waals surface area contributed by atoms with Crippen LogP contribution in [-0.4, -0.2) is 75.2 Å². The van der Waals surface area contributed by atoms with E-state index >= 15 is 0 Å². The highest BCUT2D eigenvalue weighted by Crippen LogP contribution is 2.24. The van der Waals surface area contributed by atoms with Crippen molar-refractivity contribution in [2.24, 2.45) is 22.7 Å². The third-order valence-corrected chi connectivity index (χ3v) is 5.09. The van der Waals surface area contributed by atoms with Crippen LogP contribution in [0.3, 0.4) is 0 Å². The Kier molecular flexibility index (Phi) is 9.33. The molecule has 0 amide bonds. The summed E-state index contributed by atoms with van der Waals surface area (Å²) in [5.74, 6) is 1.74. The van der Waals surface area contributed by atoms with Crippen molar-refractivity contribution in [2.45, 2.75) is 26.7 Å². The fraction of sp³-hybridized carbons (Fsp3) is 0.882. The SMILES string of the molecule is CCCN1CCC(CNC(=NC)N2CC(C)C(C(=O)OC)C2)C1.I. The molecule has 140 valence electrons. The zero-order valence-electron chi connectivity index (χ0n) is 15.5. The van der Waals surface area contributed by atoms with Gasteiger partial charge in [0.25, 0.3) is 0 Å². The molecule has 6 nitrogen and oxygen atoms in total. The molecule has 2 aliphatic heterocycles.